The topological polar surface area (TPSA) is 131 Å². The molecular formula is C12H17FN6O3. The number of halogens is 1. The standard InChI is InChI=1S/C12H17FN6O3/c1-12(13)7(21)5(3-20)22-10(12)19-4-16-6-8(15-2)17-11(14)18-9(6)19/h4-5,7,10,20-21H,3H2,1-2H3,(H3,14,15,17,18)/t5-,7?,10-,12+/m1/s1. The molecule has 1 fully saturated rings. The molecule has 0 radical (unpaired) electrons. The molecule has 5 N–H and O–H groups in total. The number of ether oxygens (including phenoxy) is 1. The van der Waals surface area contributed by atoms with E-state index in [1.165, 1.54) is 17.8 Å². The third-order valence-corrected chi connectivity index (χ3v) is 3.83. The number of nitrogen functional groups attached to an aromatic ring is 1. The van der Waals surface area contributed by atoms with E-state index in [2.05, 4.69) is 20.3 Å². The summed E-state index contributed by atoms with van der Waals surface area (Å²) in [5.74, 6) is 0.399. The summed E-state index contributed by atoms with van der Waals surface area (Å²) in [6, 6.07) is 0. The fourth-order valence-corrected chi connectivity index (χ4v) is 2.64. The quantitative estimate of drug-likeness (QED) is 0.592. The van der Waals surface area contributed by atoms with E-state index in [1.54, 1.807) is 7.05 Å². The molecule has 2 aromatic rings. The Labute approximate surface area is 124 Å². The van der Waals surface area contributed by atoms with Crippen molar-refractivity contribution in [1.29, 1.82) is 0 Å². The molecule has 9 nitrogen and oxygen atoms in total. The molecule has 0 spiro atoms. The van der Waals surface area contributed by atoms with E-state index in [1.807, 2.05) is 0 Å². The molecule has 4 atom stereocenters. The van der Waals surface area contributed by atoms with Crippen molar-refractivity contribution in [1.82, 2.24) is 19.5 Å². The van der Waals surface area contributed by atoms with Gasteiger partial charge in [-0.3, -0.25) is 4.57 Å². The number of hydrogen-bond acceptors (Lipinski definition) is 8. The highest BCUT2D eigenvalue weighted by atomic mass is 19.1. The number of nitrogens with two attached hydrogens (primary N) is 1. The maximum absolute atomic E-state index is 14.9. The lowest BCUT2D eigenvalue weighted by Gasteiger charge is -2.24. The molecule has 22 heavy (non-hydrogen) atoms. The number of hydrogen-bond donors (Lipinski definition) is 4. The first-order chi connectivity index (χ1) is 10.4. The number of fused-ring (bicyclic) bond motifs is 1. The molecule has 10 heteroatoms. The smallest absolute Gasteiger partial charge is 0.224 e. The number of aliphatic hydroxyl groups excluding tert-OH is 2. The second-order valence-corrected chi connectivity index (χ2v) is 5.31. The maximum atomic E-state index is 14.9. The molecule has 3 rings (SSSR count). The van der Waals surface area contributed by atoms with Gasteiger partial charge in [0.25, 0.3) is 0 Å². The van der Waals surface area contributed by atoms with E-state index in [-0.39, 0.29) is 11.6 Å². The molecule has 0 aromatic carbocycles. The monoisotopic (exact) mass is 312 g/mol. The fraction of sp³-hybridized carbons (Fsp3) is 0.583. The van der Waals surface area contributed by atoms with Crippen molar-refractivity contribution < 1.29 is 19.3 Å². The number of aromatic nitrogens is 4. The van der Waals surface area contributed by atoms with Crippen LogP contribution in [-0.2, 0) is 4.74 Å². The Morgan fingerprint density at radius 1 is 1.55 bits per heavy atom. The molecule has 1 aliphatic heterocycles. The van der Waals surface area contributed by atoms with Crippen molar-refractivity contribution in [2.24, 2.45) is 0 Å². The summed E-state index contributed by atoms with van der Waals surface area (Å²) in [5, 5.41) is 22.0. The number of rotatable bonds is 3. The minimum atomic E-state index is -2.12. The zero-order valence-electron chi connectivity index (χ0n) is 12.1. The number of alkyl halides is 1. The second kappa shape index (κ2) is 5.00. The summed E-state index contributed by atoms with van der Waals surface area (Å²) < 4.78 is 21.6. The Morgan fingerprint density at radius 2 is 2.27 bits per heavy atom. The first-order valence-corrected chi connectivity index (χ1v) is 6.71. The summed E-state index contributed by atoms with van der Waals surface area (Å²) in [6.45, 7) is 0.704. The van der Waals surface area contributed by atoms with E-state index in [0.717, 1.165) is 0 Å². The van der Waals surface area contributed by atoms with Crippen molar-refractivity contribution in [3.05, 3.63) is 6.33 Å². The van der Waals surface area contributed by atoms with Gasteiger partial charge in [-0.25, -0.2) is 9.37 Å². The van der Waals surface area contributed by atoms with Gasteiger partial charge in [-0.15, -0.1) is 0 Å². The summed E-state index contributed by atoms with van der Waals surface area (Å²) in [7, 11) is 1.65. The third-order valence-electron chi connectivity index (χ3n) is 3.83. The van der Waals surface area contributed by atoms with Gasteiger partial charge in [0.2, 0.25) is 5.95 Å². The van der Waals surface area contributed by atoms with Crippen molar-refractivity contribution in [3.63, 3.8) is 0 Å². The number of aliphatic hydroxyl groups is 2. The predicted molar refractivity (Wildman–Crippen MR) is 75.8 cm³/mol. The lowest BCUT2D eigenvalue weighted by molar-refractivity contribution is -0.0566. The van der Waals surface area contributed by atoms with Crippen molar-refractivity contribution in [2.45, 2.75) is 31.0 Å². The van der Waals surface area contributed by atoms with Gasteiger partial charge in [0.15, 0.2) is 28.9 Å². The molecule has 1 aliphatic rings. The normalized spacial score (nSPS) is 31.8. The summed E-state index contributed by atoms with van der Waals surface area (Å²) in [6.07, 6.45) is -2.35. The van der Waals surface area contributed by atoms with Crippen LogP contribution in [-0.4, -0.2) is 61.3 Å². The van der Waals surface area contributed by atoms with Crippen LogP contribution < -0.4 is 11.1 Å². The Hall–Kier alpha value is -2.04. The lowest BCUT2D eigenvalue weighted by Crippen LogP contribution is -2.40. The summed E-state index contributed by atoms with van der Waals surface area (Å²) in [4.78, 5) is 12.2. The van der Waals surface area contributed by atoms with Crippen molar-refractivity contribution in [3.8, 4) is 0 Å². The first kappa shape index (κ1) is 14.9. The first-order valence-electron chi connectivity index (χ1n) is 6.71. The third kappa shape index (κ3) is 1.99. The number of nitrogens with zero attached hydrogens (tertiary/aromatic N) is 4. The zero-order valence-corrected chi connectivity index (χ0v) is 12.1. The molecule has 1 unspecified atom stereocenters. The zero-order chi connectivity index (χ0) is 16.1. The van der Waals surface area contributed by atoms with Crippen LogP contribution in [0.25, 0.3) is 11.2 Å². The molecule has 2 aromatic heterocycles. The van der Waals surface area contributed by atoms with Crippen LogP contribution in [0.4, 0.5) is 16.2 Å². The van der Waals surface area contributed by atoms with Gasteiger partial charge in [0.05, 0.1) is 12.9 Å². The van der Waals surface area contributed by atoms with Crippen LogP contribution >= 0.6 is 0 Å². The molecular weight excluding hydrogens is 295 g/mol. The number of anilines is 2. The van der Waals surface area contributed by atoms with E-state index >= 15 is 0 Å². The highest BCUT2D eigenvalue weighted by Gasteiger charge is 2.55. The Bertz CT molecular complexity index is 705. The maximum Gasteiger partial charge on any atom is 0.224 e. The van der Waals surface area contributed by atoms with E-state index in [4.69, 9.17) is 10.5 Å². The Morgan fingerprint density at radius 3 is 2.86 bits per heavy atom. The van der Waals surface area contributed by atoms with E-state index < -0.39 is 30.7 Å². The number of nitrogens with one attached hydrogen (secondary N) is 1. The highest BCUT2D eigenvalue weighted by molar-refractivity contribution is 5.84. The molecule has 0 bridgehead atoms. The van der Waals surface area contributed by atoms with E-state index in [0.29, 0.717) is 11.3 Å². The Kier molecular flexibility index (Phi) is 3.38. The lowest BCUT2D eigenvalue weighted by atomic mass is 9.98. The SMILES string of the molecule is CNc1nc(N)nc2c1ncn2[C@@H]1O[C@H](CO)C(O)[C@]1(C)F. The van der Waals surface area contributed by atoms with Crippen LogP contribution in [0.15, 0.2) is 6.33 Å². The van der Waals surface area contributed by atoms with E-state index in [9.17, 15) is 14.6 Å². The van der Waals surface area contributed by atoms with Gasteiger partial charge in [-0.2, -0.15) is 9.97 Å². The van der Waals surface area contributed by atoms with Gasteiger partial charge in [-0.1, -0.05) is 0 Å². The second-order valence-electron chi connectivity index (χ2n) is 5.31. The largest absolute Gasteiger partial charge is 0.394 e. The summed E-state index contributed by atoms with van der Waals surface area (Å²) in [5.41, 5.74) is 4.20. The van der Waals surface area contributed by atoms with Gasteiger partial charge >= 0.3 is 0 Å². The van der Waals surface area contributed by atoms with Crippen LogP contribution in [0.5, 0.6) is 0 Å². The molecule has 0 amide bonds. The Balaban J connectivity index is 2.13. The van der Waals surface area contributed by atoms with Crippen molar-refractivity contribution >= 4 is 22.9 Å². The fourth-order valence-electron chi connectivity index (χ4n) is 2.64. The minimum absolute atomic E-state index is 0.00332. The average molecular weight is 312 g/mol. The molecule has 0 aliphatic carbocycles. The molecule has 3 heterocycles. The van der Waals surface area contributed by atoms with Crippen LogP contribution in [0.3, 0.4) is 0 Å². The minimum Gasteiger partial charge on any atom is -0.394 e. The summed E-state index contributed by atoms with van der Waals surface area (Å²) >= 11 is 0. The average Bonchev–Trinajstić information content (AvgIpc) is 2.98. The molecule has 120 valence electrons. The molecule has 1 saturated heterocycles. The highest BCUT2D eigenvalue weighted by Crippen LogP contribution is 2.42. The van der Waals surface area contributed by atoms with Crippen LogP contribution in [0.1, 0.15) is 13.2 Å². The van der Waals surface area contributed by atoms with Gasteiger partial charge in [0.1, 0.15) is 12.2 Å². The van der Waals surface area contributed by atoms with Crippen LogP contribution in [0.2, 0.25) is 0 Å². The van der Waals surface area contributed by atoms with Crippen LogP contribution in [0, 0.1) is 0 Å². The van der Waals surface area contributed by atoms with Gasteiger partial charge in [-0.05, 0) is 6.92 Å². The number of imidazole rings is 1. The van der Waals surface area contributed by atoms with Gasteiger partial charge in [0, 0.05) is 7.05 Å². The molecule has 0 saturated carbocycles. The van der Waals surface area contributed by atoms with Crippen molar-refractivity contribution in [2.75, 3.05) is 24.7 Å². The predicted octanol–water partition coefficient (Wildman–Crippen LogP) is -0.571. The van der Waals surface area contributed by atoms with Gasteiger partial charge < -0.3 is 26.0 Å².